The third-order valence-corrected chi connectivity index (χ3v) is 1.50. The van der Waals surface area contributed by atoms with Crippen molar-refractivity contribution in [2.24, 2.45) is 0 Å². The van der Waals surface area contributed by atoms with Crippen molar-refractivity contribution in [3.63, 3.8) is 0 Å². The van der Waals surface area contributed by atoms with Crippen LogP contribution in [0.25, 0.3) is 0 Å². The lowest BCUT2D eigenvalue weighted by molar-refractivity contribution is -0.162. The highest BCUT2D eigenvalue weighted by atomic mass is 16.5. The Labute approximate surface area is 62.6 Å². The van der Waals surface area contributed by atoms with E-state index in [1.54, 1.807) is 0 Å². The van der Waals surface area contributed by atoms with Crippen molar-refractivity contribution in [3.8, 4) is 0 Å². The fraction of sp³-hybridized carbons (Fsp3) is 0.667. The van der Waals surface area contributed by atoms with E-state index in [-0.39, 0.29) is 6.61 Å². The van der Waals surface area contributed by atoms with E-state index in [4.69, 9.17) is 10.2 Å². The molecule has 2 N–H and O–H groups in total. The van der Waals surface area contributed by atoms with Crippen LogP contribution in [0, 0.1) is 0 Å². The molecule has 5 nitrogen and oxygen atoms in total. The maximum atomic E-state index is 10.7. The van der Waals surface area contributed by atoms with Crippen molar-refractivity contribution >= 4 is 11.6 Å². The van der Waals surface area contributed by atoms with Crippen molar-refractivity contribution in [2.45, 2.75) is 12.2 Å². The third-order valence-electron chi connectivity index (χ3n) is 1.50. The number of ether oxygens (including phenoxy) is 1. The van der Waals surface area contributed by atoms with Crippen LogP contribution in [0.3, 0.4) is 0 Å². The molecule has 0 aliphatic carbocycles. The minimum atomic E-state index is -1.50. The summed E-state index contributed by atoms with van der Waals surface area (Å²) in [7, 11) is 0. The van der Waals surface area contributed by atoms with Crippen LogP contribution < -0.4 is 0 Å². The fourth-order valence-electron chi connectivity index (χ4n) is 0.831. The maximum absolute atomic E-state index is 10.7. The highest BCUT2D eigenvalue weighted by Crippen LogP contribution is 2.07. The second-order valence-electron chi connectivity index (χ2n) is 2.26. The molecule has 1 heterocycles. The maximum Gasteiger partial charge on any atom is 0.231 e. The van der Waals surface area contributed by atoms with Crippen LogP contribution in [0.15, 0.2) is 0 Å². The average Bonchev–Trinajstić information content (AvgIpc) is 2.01. The van der Waals surface area contributed by atoms with E-state index in [0.29, 0.717) is 0 Å². The summed E-state index contributed by atoms with van der Waals surface area (Å²) in [5.41, 5.74) is 0. The summed E-state index contributed by atoms with van der Waals surface area (Å²) in [6, 6.07) is 0. The van der Waals surface area contributed by atoms with Crippen LogP contribution in [-0.2, 0) is 14.3 Å². The number of hydrogen-bond acceptors (Lipinski definition) is 5. The zero-order valence-electron chi connectivity index (χ0n) is 5.69. The van der Waals surface area contributed by atoms with E-state index >= 15 is 0 Å². The molecule has 1 fully saturated rings. The van der Waals surface area contributed by atoms with Gasteiger partial charge in [-0.05, 0) is 0 Å². The van der Waals surface area contributed by atoms with Gasteiger partial charge in [-0.2, -0.15) is 0 Å². The van der Waals surface area contributed by atoms with Crippen LogP contribution in [-0.4, -0.2) is 47.2 Å². The van der Waals surface area contributed by atoms with Crippen LogP contribution in [0.5, 0.6) is 0 Å². The summed E-state index contributed by atoms with van der Waals surface area (Å²) < 4.78 is 4.65. The van der Waals surface area contributed by atoms with E-state index in [1.165, 1.54) is 0 Å². The lowest BCUT2D eigenvalue weighted by Gasteiger charge is -2.23. The lowest BCUT2D eigenvalue weighted by atomic mass is 10.0. The number of rotatable bonds is 1. The predicted molar refractivity (Wildman–Crippen MR) is 32.8 cm³/mol. The Kier molecular flexibility index (Phi) is 2.33. The second kappa shape index (κ2) is 3.08. The minimum absolute atomic E-state index is 0.346. The van der Waals surface area contributed by atoms with Gasteiger partial charge in [-0.1, -0.05) is 0 Å². The number of ketones is 2. The topological polar surface area (TPSA) is 83.8 Å². The molecule has 11 heavy (non-hydrogen) atoms. The first-order valence-electron chi connectivity index (χ1n) is 3.14. The van der Waals surface area contributed by atoms with Crippen molar-refractivity contribution in [3.05, 3.63) is 0 Å². The number of carbonyl (C=O) groups excluding carboxylic acids is 2. The summed E-state index contributed by atoms with van der Waals surface area (Å²) in [6.45, 7) is -0.804. The Hall–Kier alpha value is -0.780. The first kappa shape index (κ1) is 8.32. The van der Waals surface area contributed by atoms with E-state index in [0.717, 1.165) is 0 Å². The standard InChI is InChI=1S/C6H8O5/c7-1-4-6(10)5(9)3(8)2-11-4/h4,6-7,10H,1-2H2. The largest absolute Gasteiger partial charge is 0.394 e. The molecule has 0 spiro atoms. The van der Waals surface area contributed by atoms with Gasteiger partial charge in [0, 0.05) is 0 Å². The molecule has 0 saturated carbocycles. The fourth-order valence-corrected chi connectivity index (χ4v) is 0.831. The number of aliphatic hydroxyl groups excluding tert-OH is 2. The van der Waals surface area contributed by atoms with E-state index in [9.17, 15) is 9.59 Å². The molecule has 1 rings (SSSR count). The van der Waals surface area contributed by atoms with Gasteiger partial charge in [-0.25, -0.2) is 0 Å². The van der Waals surface area contributed by atoms with Gasteiger partial charge in [0.2, 0.25) is 11.6 Å². The third kappa shape index (κ3) is 1.45. The number of aliphatic hydroxyl groups is 2. The lowest BCUT2D eigenvalue weighted by Crippen LogP contribution is -2.48. The molecular formula is C6H8O5. The summed E-state index contributed by atoms with van der Waals surface area (Å²) in [6.07, 6.45) is -2.44. The van der Waals surface area contributed by atoms with Gasteiger partial charge in [0.15, 0.2) is 0 Å². The molecule has 0 radical (unpaired) electrons. The van der Waals surface area contributed by atoms with Crippen molar-refractivity contribution in [2.75, 3.05) is 13.2 Å². The molecule has 1 aliphatic rings. The predicted octanol–water partition coefficient (Wildman–Crippen LogP) is -2.12. The van der Waals surface area contributed by atoms with Crippen molar-refractivity contribution in [1.29, 1.82) is 0 Å². The Morgan fingerprint density at radius 2 is 2.18 bits per heavy atom. The molecule has 1 saturated heterocycles. The van der Waals surface area contributed by atoms with Gasteiger partial charge in [0.05, 0.1) is 6.61 Å². The molecule has 0 bridgehead atoms. The van der Waals surface area contributed by atoms with Crippen LogP contribution in [0.1, 0.15) is 0 Å². The van der Waals surface area contributed by atoms with Gasteiger partial charge in [0.1, 0.15) is 18.8 Å². The summed E-state index contributed by atoms with van der Waals surface area (Å²) >= 11 is 0. The molecule has 2 atom stereocenters. The molecule has 0 aromatic rings. The van der Waals surface area contributed by atoms with Gasteiger partial charge in [-0.3, -0.25) is 9.59 Å². The SMILES string of the molecule is O=C1COC(CO)C(O)C1=O. The van der Waals surface area contributed by atoms with Crippen LogP contribution >= 0.6 is 0 Å². The molecule has 5 heteroatoms. The van der Waals surface area contributed by atoms with Gasteiger partial charge in [-0.15, -0.1) is 0 Å². The van der Waals surface area contributed by atoms with Crippen molar-refractivity contribution < 1.29 is 24.5 Å². The quantitative estimate of drug-likeness (QED) is 0.428. The number of hydrogen-bond donors (Lipinski definition) is 2. The van der Waals surface area contributed by atoms with E-state index in [2.05, 4.69) is 4.74 Å². The smallest absolute Gasteiger partial charge is 0.231 e. The highest BCUT2D eigenvalue weighted by Gasteiger charge is 2.36. The normalized spacial score (nSPS) is 32.5. The number of Topliss-reactive ketones (excluding diaryl/α,β-unsaturated/α-hetero) is 2. The molecule has 2 unspecified atom stereocenters. The van der Waals surface area contributed by atoms with Gasteiger partial charge < -0.3 is 14.9 Å². The summed E-state index contributed by atoms with van der Waals surface area (Å²) in [4.78, 5) is 21.3. The molecular weight excluding hydrogens is 152 g/mol. The van der Waals surface area contributed by atoms with E-state index < -0.39 is 30.4 Å². The summed E-state index contributed by atoms with van der Waals surface area (Å²) in [5.74, 6) is -1.63. The molecule has 0 amide bonds. The van der Waals surface area contributed by atoms with Crippen molar-refractivity contribution in [1.82, 2.24) is 0 Å². The average molecular weight is 160 g/mol. The van der Waals surface area contributed by atoms with Gasteiger partial charge in [0.25, 0.3) is 0 Å². The molecule has 62 valence electrons. The zero-order chi connectivity index (χ0) is 8.43. The Morgan fingerprint density at radius 3 is 2.73 bits per heavy atom. The molecule has 0 aromatic carbocycles. The van der Waals surface area contributed by atoms with E-state index in [1.807, 2.05) is 0 Å². The Morgan fingerprint density at radius 1 is 1.55 bits per heavy atom. The zero-order valence-corrected chi connectivity index (χ0v) is 5.69. The van der Waals surface area contributed by atoms with Gasteiger partial charge >= 0.3 is 0 Å². The first-order chi connectivity index (χ1) is 5.16. The van der Waals surface area contributed by atoms with Crippen LogP contribution in [0.4, 0.5) is 0 Å². The monoisotopic (exact) mass is 160 g/mol. The molecule has 0 aromatic heterocycles. The number of carbonyl (C=O) groups is 2. The minimum Gasteiger partial charge on any atom is -0.394 e. The Bertz CT molecular complexity index is 187. The summed E-state index contributed by atoms with van der Waals surface area (Å²) in [5, 5.41) is 17.5. The molecule has 1 aliphatic heterocycles. The first-order valence-corrected chi connectivity index (χ1v) is 3.14. The highest BCUT2D eigenvalue weighted by molar-refractivity contribution is 6.40. The second-order valence-corrected chi connectivity index (χ2v) is 2.26. The Balaban J connectivity index is 2.66. The van der Waals surface area contributed by atoms with Crippen LogP contribution in [0.2, 0.25) is 0 Å².